The Morgan fingerprint density at radius 2 is 0.537 bits per heavy atom. The maximum absolute atomic E-state index is 12.8. The Hall–Kier alpha value is -2.63. The van der Waals surface area contributed by atoms with Crippen molar-refractivity contribution in [3.8, 4) is 0 Å². The first-order valence-corrected chi connectivity index (χ1v) is 29.1. The fourth-order valence-corrected chi connectivity index (χ4v) is 8.35. The molecule has 6 nitrogen and oxygen atoms in total. The minimum atomic E-state index is -0.783. The fourth-order valence-electron chi connectivity index (χ4n) is 8.35. The molecular formula is C61H110O6. The molecule has 0 unspecified atom stereocenters. The maximum Gasteiger partial charge on any atom is 0.306 e. The van der Waals surface area contributed by atoms with Gasteiger partial charge in [0.15, 0.2) is 6.10 Å². The predicted octanol–water partition coefficient (Wildman–Crippen LogP) is 19.4. The molecule has 67 heavy (non-hydrogen) atoms. The molecule has 0 N–H and O–H groups in total. The number of allylic oxidation sites excluding steroid dienone is 8. The van der Waals surface area contributed by atoms with Crippen molar-refractivity contribution in [2.45, 2.75) is 309 Å². The Morgan fingerprint density at radius 1 is 0.299 bits per heavy atom. The van der Waals surface area contributed by atoms with E-state index in [9.17, 15) is 14.4 Å². The first-order valence-electron chi connectivity index (χ1n) is 29.1. The van der Waals surface area contributed by atoms with Crippen LogP contribution in [-0.2, 0) is 28.6 Å². The van der Waals surface area contributed by atoms with Crippen LogP contribution in [0.15, 0.2) is 48.6 Å². The van der Waals surface area contributed by atoms with Crippen LogP contribution in [0.2, 0.25) is 0 Å². The van der Waals surface area contributed by atoms with Gasteiger partial charge in [-0.1, -0.05) is 230 Å². The zero-order valence-electron chi connectivity index (χ0n) is 44.7. The first-order chi connectivity index (χ1) is 33.0. The Morgan fingerprint density at radius 3 is 0.881 bits per heavy atom. The molecule has 0 aliphatic carbocycles. The van der Waals surface area contributed by atoms with E-state index >= 15 is 0 Å². The molecule has 0 bridgehead atoms. The summed E-state index contributed by atoms with van der Waals surface area (Å²) >= 11 is 0. The molecule has 0 aromatic rings. The van der Waals surface area contributed by atoms with Crippen LogP contribution in [0.1, 0.15) is 303 Å². The van der Waals surface area contributed by atoms with Gasteiger partial charge in [0.05, 0.1) is 0 Å². The number of ether oxygens (including phenoxy) is 3. The van der Waals surface area contributed by atoms with Crippen molar-refractivity contribution >= 4 is 17.9 Å². The number of esters is 3. The highest BCUT2D eigenvalue weighted by molar-refractivity contribution is 5.71. The van der Waals surface area contributed by atoms with Gasteiger partial charge in [-0.05, 0) is 103 Å². The summed E-state index contributed by atoms with van der Waals surface area (Å²) in [5.74, 6) is -0.892. The third-order valence-electron chi connectivity index (χ3n) is 12.8. The summed E-state index contributed by atoms with van der Waals surface area (Å²) in [6, 6.07) is 0. The summed E-state index contributed by atoms with van der Waals surface area (Å²) in [6.07, 6.45) is 68.1. The Kier molecular flexibility index (Phi) is 53.8. The summed E-state index contributed by atoms with van der Waals surface area (Å²) in [5.41, 5.74) is 0. The van der Waals surface area contributed by atoms with Gasteiger partial charge in [-0.25, -0.2) is 0 Å². The van der Waals surface area contributed by atoms with Crippen LogP contribution in [0, 0.1) is 0 Å². The third-order valence-corrected chi connectivity index (χ3v) is 12.8. The summed E-state index contributed by atoms with van der Waals surface area (Å²) in [4.78, 5) is 38.1. The molecule has 0 amide bonds. The van der Waals surface area contributed by atoms with Crippen LogP contribution >= 0.6 is 0 Å². The Balaban J connectivity index is 4.33. The molecule has 6 heteroatoms. The molecule has 0 heterocycles. The molecule has 0 aromatic carbocycles. The molecule has 0 aromatic heterocycles. The van der Waals surface area contributed by atoms with Crippen LogP contribution in [0.4, 0.5) is 0 Å². The van der Waals surface area contributed by atoms with Crippen molar-refractivity contribution in [2.75, 3.05) is 13.2 Å². The number of unbranched alkanes of at least 4 members (excludes halogenated alkanes) is 34. The minimum Gasteiger partial charge on any atom is -0.462 e. The summed E-state index contributed by atoms with van der Waals surface area (Å²) < 4.78 is 16.9. The van der Waals surface area contributed by atoms with Gasteiger partial charge in [-0.2, -0.15) is 0 Å². The SMILES string of the molecule is CCCCC/C=C\C/C=C\CCCCCCCC(=O)O[C@@H](COC(=O)CCCCCCC/C=C\CCCCCC)COC(=O)CCCCCCCCCCCCC/C=C\CCCCCCCC. The van der Waals surface area contributed by atoms with Crippen LogP contribution in [0.5, 0.6) is 0 Å². The van der Waals surface area contributed by atoms with Gasteiger partial charge in [0, 0.05) is 19.3 Å². The van der Waals surface area contributed by atoms with E-state index in [0.717, 1.165) is 89.9 Å². The van der Waals surface area contributed by atoms with Gasteiger partial charge in [-0.15, -0.1) is 0 Å². The van der Waals surface area contributed by atoms with E-state index in [-0.39, 0.29) is 31.1 Å². The molecule has 0 saturated heterocycles. The van der Waals surface area contributed by atoms with E-state index in [4.69, 9.17) is 14.2 Å². The molecule has 0 aliphatic rings. The quantitative estimate of drug-likeness (QED) is 0.0262. The average Bonchev–Trinajstić information content (AvgIpc) is 3.33. The lowest BCUT2D eigenvalue weighted by atomic mass is 10.0. The minimum absolute atomic E-state index is 0.0802. The second kappa shape index (κ2) is 56.0. The van der Waals surface area contributed by atoms with Crippen molar-refractivity contribution in [1.29, 1.82) is 0 Å². The van der Waals surface area contributed by atoms with Crippen molar-refractivity contribution < 1.29 is 28.6 Å². The van der Waals surface area contributed by atoms with E-state index in [0.29, 0.717) is 19.3 Å². The monoisotopic (exact) mass is 939 g/mol. The largest absolute Gasteiger partial charge is 0.462 e. The molecule has 1 atom stereocenters. The lowest BCUT2D eigenvalue weighted by molar-refractivity contribution is -0.167. The summed E-state index contributed by atoms with van der Waals surface area (Å²) in [6.45, 7) is 6.60. The smallest absolute Gasteiger partial charge is 0.306 e. The van der Waals surface area contributed by atoms with Crippen LogP contribution in [-0.4, -0.2) is 37.2 Å². The second-order valence-electron chi connectivity index (χ2n) is 19.5. The van der Waals surface area contributed by atoms with Crippen molar-refractivity contribution in [1.82, 2.24) is 0 Å². The van der Waals surface area contributed by atoms with Gasteiger partial charge in [0.2, 0.25) is 0 Å². The van der Waals surface area contributed by atoms with Crippen molar-refractivity contribution in [3.05, 3.63) is 48.6 Å². The lowest BCUT2D eigenvalue weighted by Gasteiger charge is -2.18. The third kappa shape index (κ3) is 54.2. The topological polar surface area (TPSA) is 78.9 Å². The number of carbonyl (C=O) groups excluding carboxylic acids is 3. The number of rotatable bonds is 53. The van der Waals surface area contributed by atoms with Crippen molar-refractivity contribution in [2.24, 2.45) is 0 Å². The van der Waals surface area contributed by atoms with E-state index in [1.807, 2.05) is 0 Å². The normalized spacial score (nSPS) is 12.3. The Labute approximate surface area is 416 Å². The first kappa shape index (κ1) is 64.4. The van der Waals surface area contributed by atoms with Crippen LogP contribution in [0.3, 0.4) is 0 Å². The van der Waals surface area contributed by atoms with Crippen LogP contribution < -0.4 is 0 Å². The van der Waals surface area contributed by atoms with Gasteiger partial charge < -0.3 is 14.2 Å². The molecule has 390 valence electrons. The van der Waals surface area contributed by atoms with Gasteiger partial charge in [-0.3, -0.25) is 14.4 Å². The maximum atomic E-state index is 12.8. The molecule has 0 saturated carbocycles. The summed E-state index contributed by atoms with van der Waals surface area (Å²) in [5, 5.41) is 0. The zero-order valence-corrected chi connectivity index (χ0v) is 44.7. The van der Waals surface area contributed by atoms with Gasteiger partial charge >= 0.3 is 17.9 Å². The number of carbonyl (C=O) groups is 3. The highest BCUT2D eigenvalue weighted by atomic mass is 16.6. The zero-order chi connectivity index (χ0) is 48.6. The molecule has 0 aliphatic heterocycles. The molecule has 0 fully saturated rings. The highest BCUT2D eigenvalue weighted by Crippen LogP contribution is 2.16. The number of hydrogen-bond acceptors (Lipinski definition) is 6. The average molecular weight is 940 g/mol. The fraction of sp³-hybridized carbons (Fsp3) is 0.820. The van der Waals surface area contributed by atoms with Gasteiger partial charge in [0.25, 0.3) is 0 Å². The molecule has 0 radical (unpaired) electrons. The van der Waals surface area contributed by atoms with E-state index in [2.05, 4.69) is 69.4 Å². The standard InChI is InChI=1S/C61H110O6/c1-4-7-10-13-16-19-22-25-27-28-29-30-31-32-34-36-39-42-45-48-51-54-60(63)66-57-58(56-65-59(62)53-50-47-44-41-38-35-24-21-18-15-12-9-6-3)67-61(64)55-52-49-46-43-40-37-33-26-23-20-17-14-11-8-5-2/h17,20-21,24-27,33,58H,4-16,18-19,22-23,28-32,34-57H2,1-3H3/b20-17-,24-21-,27-25-,33-26-/t58-/m0/s1. The lowest BCUT2D eigenvalue weighted by Crippen LogP contribution is -2.30. The highest BCUT2D eigenvalue weighted by Gasteiger charge is 2.19. The van der Waals surface area contributed by atoms with Crippen molar-refractivity contribution in [3.63, 3.8) is 0 Å². The predicted molar refractivity (Wildman–Crippen MR) is 289 cm³/mol. The van der Waals surface area contributed by atoms with E-state index in [1.54, 1.807) is 0 Å². The van der Waals surface area contributed by atoms with E-state index in [1.165, 1.54) is 173 Å². The van der Waals surface area contributed by atoms with E-state index < -0.39 is 6.10 Å². The molecule has 0 rings (SSSR count). The van der Waals surface area contributed by atoms with Gasteiger partial charge in [0.1, 0.15) is 13.2 Å². The number of hydrogen-bond donors (Lipinski definition) is 0. The molecule has 0 spiro atoms. The Bertz CT molecular complexity index is 1170. The summed E-state index contributed by atoms with van der Waals surface area (Å²) in [7, 11) is 0. The van der Waals surface area contributed by atoms with Crippen LogP contribution in [0.25, 0.3) is 0 Å². The molecular weight excluding hydrogens is 829 g/mol. The second-order valence-corrected chi connectivity index (χ2v) is 19.5.